The van der Waals surface area contributed by atoms with E-state index in [1.54, 1.807) is 4.90 Å². The molecule has 0 bridgehead atoms. The molecule has 1 saturated carbocycles. The molecule has 1 amide bonds. The topological polar surface area (TPSA) is 123 Å². The van der Waals surface area contributed by atoms with Crippen molar-refractivity contribution in [3.05, 3.63) is 30.1 Å². The summed E-state index contributed by atoms with van der Waals surface area (Å²) in [4.78, 5) is 23.3. The first-order chi connectivity index (χ1) is 12.3. The van der Waals surface area contributed by atoms with E-state index in [-0.39, 0.29) is 11.7 Å². The van der Waals surface area contributed by atoms with Gasteiger partial charge >= 0.3 is 0 Å². The maximum Gasteiger partial charge on any atom is 0.291 e. The predicted molar refractivity (Wildman–Crippen MR) is 82.9 cm³/mol. The van der Waals surface area contributed by atoms with Crippen LogP contribution in [0.15, 0.2) is 12.7 Å². The fourth-order valence-corrected chi connectivity index (χ4v) is 2.96. The van der Waals surface area contributed by atoms with Gasteiger partial charge in [-0.3, -0.25) is 14.5 Å². The van der Waals surface area contributed by atoms with Gasteiger partial charge in [-0.2, -0.15) is 10.1 Å². The highest BCUT2D eigenvalue weighted by atomic mass is 16.2. The van der Waals surface area contributed by atoms with Crippen molar-refractivity contribution < 1.29 is 4.79 Å². The lowest BCUT2D eigenvalue weighted by molar-refractivity contribution is 0.0746. The summed E-state index contributed by atoms with van der Waals surface area (Å²) in [5.74, 6) is 2.83. The average Bonchev–Trinajstić information content (AvgIpc) is 3.03. The van der Waals surface area contributed by atoms with E-state index in [0.717, 1.165) is 11.6 Å². The van der Waals surface area contributed by atoms with Crippen molar-refractivity contribution in [2.45, 2.75) is 31.7 Å². The number of amides is 1. The Morgan fingerprint density at radius 2 is 1.96 bits per heavy atom. The Hall–Kier alpha value is -3.11. The van der Waals surface area contributed by atoms with Crippen LogP contribution in [0.2, 0.25) is 0 Å². The number of aromatic amines is 1. The van der Waals surface area contributed by atoms with E-state index in [9.17, 15) is 4.79 Å². The van der Waals surface area contributed by atoms with E-state index in [2.05, 4.69) is 35.5 Å². The number of aromatic nitrogens is 9. The fourth-order valence-electron chi connectivity index (χ4n) is 2.96. The summed E-state index contributed by atoms with van der Waals surface area (Å²) in [6.07, 6.45) is 6.03. The van der Waals surface area contributed by atoms with Crippen molar-refractivity contribution in [3.8, 4) is 5.95 Å². The molecule has 5 rings (SSSR count). The van der Waals surface area contributed by atoms with Gasteiger partial charge in [0.05, 0.1) is 6.54 Å². The zero-order chi connectivity index (χ0) is 16.8. The Bertz CT molecular complexity index is 881. The second kappa shape index (κ2) is 5.46. The zero-order valence-corrected chi connectivity index (χ0v) is 13.4. The van der Waals surface area contributed by atoms with Crippen LogP contribution in [-0.2, 0) is 13.0 Å². The smallest absolute Gasteiger partial charge is 0.291 e. The van der Waals surface area contributed by atoms with E-state index in [4.69, 9.17) is 0 Å². The number of nitrogens with one attached hydrogen (secondary N) is 1. The standard InChI is InChI=1S/C14H16N10O/c25-13(12-18-14(20-19-12)23-7-15-16-8-23)22-4-3-10-17-11(9-1-2-9)21-24(10)6-5-22/h7-9H,1-6H2,(H,18,19,20). The number of nitrogens with zero attached hydrogens (tertiary/aromatic N) is 9. The number of hydrogen-bond acceptors (Lipinski definition) is 7. The minimum Gasteiger partial charge on any atom is -0.334 e. The molecule has 3 aromatic rings. The van der Waals surface area contributed by atoms with Gasteiger partial charge in [0.2, 0.25) is 5.82 Å². The van der Waals surface area contributed by atoms with E-state index < -0.39 is 0 Å². The molecule has 128 valence electrons. The lowest BCUT2D eigenvalue weighted by Gasteiger charge is -2.18. The van der Waals surface area contributed by atoms with Crippen LogP contribution in [0.1, 0.15) is 41.0 Å². The molecule has 0 atom stereocenters. The van der Waals surface area contributed by atoms with Gasteiger partial charge in [-0.05, 0) is 12.8 Å². The summed E-state index contributed by atoms with van der Waals surface area (Å²) in [6.45, 7) is 1.81. The zero-order valence-electron chi connectivity index (χ0n) is 13.4. The Labute approximate surface area is 142 Å². The summed E-state index contributed by atoms with van der Waals surface area (Å²) >= 11 is 0. The number of hydrogen-bond donors (Lipinski definition) is 1. The minimum atomic E-state index is -0.181. The van der Waals surface area contributed by atoms with Crippen molar-refractivity contribution in [1.82, 2.24) is 49.6 Å². The quantitative estimate of drug-likeness (QED) is 0.685. The highest BCUT2D eigenvalue weighted by molar-refractivity contribution is 5.90. The molecule has 1 aliphatic carbocycles. The van der Waals surface area contributed by atoms with Gasteiger partial charge in [-0.1, -0.05) is 0 Å². The van der Waals surface area contributed by atoms with Crippen LogP contribution >= 0.6 is 0 Å². The molecular weight excluding hydrogens is 324 g/mol. The Balaban J connectivity index is 1.30. The molecule has 3 aromatic heterocycles. The second-order valence-corrected chi connectivity index (χ2v) is 6.28. The van der Waals surface area contributed by atoms with Crippen LogP contribution in [0.3, 0.4) is 0 Å². The SMILES string of the molecule is O=C(c1nc(-n2cnnc2)n[nH]1)N1CCc2nc(C3CC3)nn2CC1. The normalized spacial score (nSPS) is 17.4. The summed E-state index contributed by atoms with van der Waals surface area (Å²) < 4.78 is 3.47. The Kier molecular flexibility index (Phi) is 3.11. The molecule has 2 aliphatic rings. The molecule has 0 spiro atoms. The fraction of sp³-hybridized carbons (Fsp3) is 0.500. The Morgan fingerprint density at radius 1 is 1.12 bits per heavy atom. The van der Waals surface area contributed by atoms with Crippen LogP contribution in [-0.4, -0.2) is 68.6 Å². The summed E-state index contributed by atoms with van der Waals surface area (Å²) in [5.41, 5.74) is 0. The lowest BCUT2D eigenvalue weighted by atomic mass is 10.3. The maximum atomic E-state index is 12.7. The summed E-state index contributed by atoms with van der Waals surface area (Å²) in [7, 11) is 0. The number of rotatable bonds is 3. The molecule has 1 fully saturated rings. The number of fused-ring (bicyclic) bond motifs is 1. The van der Waals surface area contributed by atoms with Crippen molar-refractivity contribution in [1.29, 1.82) is 0 Å². The van der Waals surface area contributed by atoms with Crippen molar-refractivity contribution >= 4 is 5.91 Å². The van der Waals surface area contributed by atoms with Crippen LogP contribution in [0.4, 0.5) is 0 Å². The van der Waals surface area contributed by atoms with E-state index >= 15 is 0 Å². The molecule has 0 aromatic carbocycles. The van der Waals surface area contributed by atoms with Crippen LogP contribution in [0.5, 0.6) is 0 Å². The molecular formula is C14H16N10O. The average molecular weight is 340 g/mol. The number of H-pyrrole nitrogens is 1. The lowest BCUT2D eigenvalue weighted by Crippen LogP contribution is -2.34. The third-order valence-corrected chi connectivity index (χ3v) is 4.51. The summed E-state index contributed by atoms with van der Waals surface area (Å²) in [6, 6.07) is 0. The first-order valence-corrected chi connectivity index (χ1v) is 8.28. The highest BCUT2D eigenvalue weighted by Crippen LogP contribution is 2.38. The molecule has 11 nitrogen and oxygen atoms in total. The largest absolute Gasteiger partial charge is 0.334 e. The van der Waals surface area contributed by atoms with E-state index in [1.807, 2.05) is 4.68 Å². The van der Waals surface area contributed by atoms with Gasteiger partial charge in [0.25, 0.3) is 11.9 Å². The van der Waals surface area contributed by atoms with Crippen molar-refractivity contribution in [3.63, 3.8) is 0 Å². The number of carbonyl (C=O) groups excluding carboxylic acids is 1. The van der Waals surface area contributed by atoms with E-state index in [0.29, 0.717) is 37.9 Å². The van der Waals surface area contributed by atoms with Crippen LogP contribution in [0.25, 0.3) is 5.95 Å². The first-order valence-electron chi connectivity index (χ1n) is 8.28. The second-order valence-electron chi connectivity index (χ2n) is 6.28. The minimum absolute atomic E-state index is 0.181. The molecule has 0 saturated heterocycles. The molecule has 1 aliphatic heterocycles. The molecule has 1 N–H and O–H groups in total. The monoisotopic (exact) mass is 340 g/mol. The van der Waals surface area contributed by atoms with Gasteiger partial charge in [0, 0.05) is 25.4 Å². The third kappa shape index (κ3) is 2.57. The maximum absolute atomic E-state index is 12.7. The summed E-state index contributed by atoms with van der Waals surface area (Å²) in [5, 5.41) is 18.7. The molecule has 11 heteroatoms. The molecule has 4 heterocycles. The van der Waals surface area contributed by atoms with Gasteiger partial charge < -0.3 is 4.90 Å². The molecule has 0 radical (unpaired) electrons. The van der Waals surface area contributed by atoms with Crippen molar-refractivity contribution in [2.24, 2.45) is 0 Å². The highest BCUT2D eigenvalue weighted by Gasteiger charge is 2.30. The van der Waals surface area contributed by atoms with Gasteiger partial charge in [-0.15, -0.1) is 15.3 Å². The van der Waals surface area contributed by atoms with Crippen LogP contribution < -0.4 is 0 Å². The van der Waals surface area contributed by atoms with Gasteiger partial charge in [0.15, 0.2) is 5.82 Å². The van der Waals surface area contributed by atoms with Gasteiger partial charge in [0.1, 0.15) is 18.5 Å². The number of carbonyl (C=O) groups is 1. The van der Waals surface area contributed by atoms with Gasteiger partial charge in [-0.25, -0.2) is 9.67 Å². The third-order valence-electron chi connectivity index (χ3n) is 4.51. The van der Waals surface area contributed by atoms with Crippen LogP contribution in [0, 0.1) is 0 Å². The predicted octanol–water partition coefficient (Wildman–Crippen LogP) is -0.447. The molecule has 25 heavy (non-hydrogen) atoms. The van der Waals surface area contributed by atoms with Crippen molar-refractivity contribution in [2.75, 3.05) is 13.1 Å². The first kappa shape index (κ1) is 14.3. The van der Waals surface area contributed by atoms with E-state index in [1.165, 1.54) is 30.1 Å². The molecule has 0 unspecified atom stereocenters. The Morgan fingerprint density at radius 3 is 2.76 bits per heavy atom.